The zero-order valence-electron chi connectivity index (χ0n) is 13.5. The largest absolute Gasteiger partial charge is 0.352 e. The number of nitrogens with zero attached hydrogens (tertiary/aromatic N) is 2. The van der Waals surface area contributed by atoms with Gasteiger partial charge in [0.1, 0.15) is 0 Å². The molecule has 0 saturated carbocycles. The summed E-state index contributed by atoms with van der Waals surface area (Å²) in [6.07, 6.45) is 3.12. The van der Waals surface area contributed by atoms with Crippen molar-refractivity contribution in [1.29, 1.82) is 0 Å². The van der Waals surface area contributed by atoms with Gasteiger partial charge in [0.25, 0.3) is 5.91 Å². The highest BCUT2D eigenvalue weighted by molar-refractivity contribution is 5.94. The van der Waals surface area contributed by atoms with E-state index in [1.54, 1.807) is 30.5 Å². The lowest BCUT2D eigenvalue weighted by Gasteiger charge is -2.08. The molecular formula is C17H20N4O2. The van der Waals surface area contributed by atoms with Crippen LogP contribution in [0.1, 0.15) is 31.1 Å². The van der Waals surface area contributed by atoms with Crippen LogP contribution in [0.4, 0.5) is 5.69 Å². The van der Waals surface area contributed by atoms with Gasteiger partial charge in [-0.15, -0.1) is 0 Å². The summed E-state index contributed by atoms with van der Waals surface area (Å²) in [6, 6.07) is 7.02. The van der Waals surface area contributed by atoms with Gasteiger partial charge in [0, 0.05) is 18.7 Å². The van der Waals surface area contributed by atoms with Crippen LogP contribution in [-0.4, -0.2) is 28.3 Å². The number of anilines is 1. The Bertz CT molecular complexity index is 679. The summed E-state index contributed by atoms with van der Waals surface area (Å²) in [5.74, 6) is -0.284. The zero-order valence-corrected chi connectivity index (χ0v) is 13.5. The van der Waals surface area contributed by atoms with Gasteiger partial charge in [-0.25, -0.2) is 0 Å². The van der Waals surface area contributed by atoms with Crippen LogP contribution in [0.3, 0.4) is 0 Å². The van der Waals surface area contributed by atoms with E-state index in [2.05, 4.69) is 20.6 Å². The van der Waals surface area contributed by atoms with Crippen molar-refractivity contribution in [3.8, 4) is 11.4 Å². The van der Waals surface area contributed by atoms with Crippen molar-refractivity contribution in [2.75, 3.05) is 11.9 Å². The molecule has 0 aliphatic carbocycles. The van der Waals surface area contributed by atoms with Crippen LogP contribution >= 0.6 is 0 Å². The zero-order chi connectivity index (χ0) is 16.8. The molecule has 0 fully saturated rings. The van der Waals surface area contributed by atoms with E-state index in [0.29, 0.717) is 29.2 Å². The molecule has 0 unspecified atom stereocenters. The van der Waals surface area contributed by atoms with E-state index >= 15 is 0 Å². The Morgan fingerprint density at radius 1 is 1.04 bits per heavy atom. The summed E-state index contributed by atoms with van der Waals surface area (Å²) < 4.78 is 0. The van der Waals surface area contributed by atoms with Crippen LogP contribution in [0.15, 0.2) is 36.7 Å². The average molecular weight is 312 g/mol. The Hall–Kier alpha value is -2.76. The van der Waals surface area contributed by atoms with Crippen LogP contribution in [0.5, 0.6) is 0 Å². The lowest BCUT2D eigenvalue weighted by Crippen LogP contribution is -2.22. The first-order valence-corrected chi connectivity index (χ1v) is 7.52. The number of pyridine rings is 2. The maximum Gasteiger partial charge on any atom is 0.252 e. The van der Waals surface area contributed by atoms with E-state index in [0.717, 1.165) is 0 Å². The minimum Gasteiger partial charge on any atom is -0.352 e. The number of nitrogens with one attached hydrogen (secondary N) is 2. The molecule has 120 valence electrons. The number of carbonyl (C=O) groups is 2. The smallest absolute Gasteiger partial charge is 0.252 e. The van der Waals surface area contributed by atoms with Crippen LogP contribution < -0.4 is 10.6 Å². The van der Waals surface area contributed by atoms with Gasteiger partial charge in [-0.3, -0.25) is 19.6 Å². The standard InChI is InChI=1S/C17H20N4O2/c1-4-18-17(23)12-5-7-14(19-9-12)15-8-6-13(10-20-15)21-16(22)11(2)3/h5-11H,4H2,1-3H3,(H,18,23)(H,21,22). The first-order valence-electron chi connectivity index (χ1n) is 7.52. The molecule has 0 aliphatic rings. The molecule has 0 aliphatic heterocycles. The number of carbonyl (C=O) groups excluding carboxylic acids is 2. The Kier molecular flexibility index (Phi) is 5.41. The van der Waals surface area contributed by atoms with E-state index < -0.39 is 0 Å². The highest BCUT2D eigenvalue weighted by Crippen LogP contribution is 2.17. The molecule has 0 aromatic carbocycles. The van der Waals surface area contributed by atoms with Gasteiger partial charge >= 0.3 is 0 Å². The molecule has 6 nitrogen and oxygen atoms in total. The van der Waals surface area contributed by atoms with Crippen LogP contribution in [0.2, 0.25) is 0 Å². The molecular weight excluding hydrogens is 292 g/mol. The quantitative estimate of drug-likeness (QED) is 0.888. The molecule has 2 aromatic rings. The van der Waals surface area contributed by atoms with E-state index in [9.17, 15) is 9.59 Å². The lowest BCUT2D eigenvalue weighted by atomic mass is 10.2. The second-order valence-corrected chi connectivity index (χ2v) is 5.37. The van der Waals surface area contributed by atoms with Gasteiger partial charge in [-0.2, -0.15) is 0 Å². The molecule has 6 heteroatoms. The second-order valence-electron chi connectivity index (χ2n) is 5.37. The van der Waals surface area contributed by atoms with Crippen molar-refractivity contribution in [1.82, 2.24) is 15.3 Å². The fraction of sp³-hybridized carbons (Fsp3) is 0.294. The Balaban J connectivity index is 2.10. The lowest BCUT2D eigenvalue weighted by molar-refractivity contribution is -0.118. The van der Waals surface area contributed by atoms with Crippen LogP contribution in [0.25, 0.3) is 11.4 Å². The third-order valence-electron chi connectivity index (χ3n) is 3.18. The normalized spacial score (nSPS) is 10.4. The molecule has 0 radical (unpaired) electrons. The van der Waals surface area contributed by atoms with Gasteiger partial charge in [-0.1, -0.05) is 13.8 Å². The molecule has 2 heterocycles. The van der Waals surface area contributed by atoms with Gasteiger partial charge in [0.15, 0.2) is 0 Å². The Labute approximate surface area is 135 Å². The third-order valence-corrected chi connectivity index (χ3v) is 3.18. The Morgan fingerprint density at radius 3 is 2.17 bits per heavy atom. The van der Waals surface area contributed by atoms with Crippen molar-refractivity contribution >= 4 is 17.5 Å². The Morgan fingerprint density at radius 2 is 1.70 bits per heavy atom. The van der Waals surface area contributed by atoms with E-state index in [1.165, 1.54) is 6.20 Å². The van der Waals surface area contributed by atoms with E-state index in [1.807, 2.05) is 20.8 Å². The highest BCUT2D eigenvalue weighted by Gasteiger charge is 2.09. The first-order chi connectivity index (χ1) is 11.0. The van der Waals surface area contributed by atoms with Crippen molar-refractivity contribution in [3.63, 3.8) is 0 Å². The van der Waals surface area contributed by atoms with Crippen LogP contribution in [0, 0.1) is 5.92 Å². The second kappa shape index (κ2) is 7.49. The molecule has 2 N–H and O–H groups in total. The predicted molar refractivity (Wildman–Crippen MR) is 88.9 cm³/mol. The van der Waals surface area contributed by atoms with Crippen LogP contribution in [-0.2, 0) is 4.79 Å². The maximum atomic E-state index is 11.7. The number of aromatic nitrogens is 2. The monoisotopic (exact) mass is 312 g/mol. The molecule has 2 rings (SSSR count). The molecule has 0 saturated heterocycles. The topological polar surface area (TPSA) is 84.0 Å². The maximum absolute atomic E-state index is 11.7. The SMILES string of the molecule is CCNC(=O)c1ccc(-c2ccc(NC(=O)C(C)C)cn2)nc1. The summed E-state index contributed by atoms with van der Waals surface area (Å²) in [6.45, 7) is 6.10. The summed E-state index contributed by atoms with van der Waals surface area (Å²) in [4.78, 5) is 31.9. The minimum absolute atomic E-state index is 0.0519. The molecule has 0 spiro atoms. The van der Waals surface area contributed by atoms with Crippen molar-refractivity contribution in [2.45, 2.75) is 20.8 Å². The summed E-state index contributed by atoms with van der Waals surface area (Å²) in [7, 11) is 0. The summed E-state index contributed by atoms with van der Waals surface area (Å²) in [5, 5.41) is 5.50. The van der Waals surface area contributed by atoms with E-state index in [4.69, 9.17) is 0 Å². The highest BCUT2D eigenvalue weighted by atomic mass is 16.2. The number of hydrogen-bond donors (Lipinski definition) is 2. The molecule has 2 amide bonds. The third kappa shape index (κ3) is 4.35. The fourth-order valence-corrected chi connectivity index (χ4v) is 1.85. The van der Waals surface area contributed by atoms with Crippen molar-refractivity contribution in [2.24, 2.45) is 5.92 Å². The van der Waals surface area contributed by atoms with Gasteiger partial charge < -0.3 is 10.6 Å². The van der Waals surface area contributed by atoms with Crippen molar-refractivity contribution in [3.05, 3.63) is 42.2 Å². The molecule has 0 atom stereocenters. The van der Waals surface area contributed by atoms with E-state index in [-0.39, 0.29) is 17.7 Å². The van der Waals surface area contributed by atoms with Gasteiger partial charge in [0.05, 0.1) is 28.8 Å². The van der Waals surface area contributed by atoms with Gasteiger partial charge in [0.2, 0.25) is 5.91 Å². The fourth-order valence-electron chi connectivity index (χ4n) is 1.85. The first kappa shape index (κ1) is 16.6. The average Bonchev–Trinajstić information content (AvgIpc) is 2.56. The molecule has 0 bridgehead atoms. The molecule has 2 aromatic heterocycles. The number of rotatable bonds is 5. The van der Waals surface area contributed by atoms with Gasteiger partial charge in [-0.05, 0) is 31.2 Å². The minimum atomic E-state index is -0.147. The number of hydrogen-bond acceptors (Lipinski definition) is 4. The summed E-state index contributed by atoms with van der Waals surface area (Å²) >= 11 is 0. The molecule has 23 heavy (non-hydrogen) atoms. The number of amides is 2. The van der Waals surface area contributed by atoms with Crippen molar-refractivity contribution < 1.29 is 9.59 Å². The summed E-state index contributed by atoms with van der Waals surface area (Å²) in [5.41, 5.74) is 2.50. The predicted octanol–water partition coefficient (Wildman–Crippen LogP) is 2.49.